The predicted molar refractivity (Wildman–Crippen MR) is 131 cm³/mol. The van der Waals surface area contributed by atoms with Crippen molar-refractivity contribution in [3.8, 4) is 0 Å². The van der Waals surface area contributed by atoms with Crippen molar-refractivity contribution < 1.29 is 13.2 Å². The molecule has 0 atom stereocenters. The molecule has 0 radical (unpaired) electrons. The van der Waals surface area contributed by atoms with E-state index >= 15 is 0 Å². The van der Waals surface area contributed by atoms with Gasteiger partial charge in [-0.15, -0.1) is 12.4 Å². The van der Waals surface area contributed by atoms with E-state index in [-0.39, 0.29) is 12.4 Å². The average molecular weight is 468 g/mol. The first-order chi connectivity index (χ1) is 15.5. The second-order valence-corrected chi connectivity index (χ2v) is 8.46. The van der Waals surface area contributed by atoms with Gasteiger partial charge in [-0.1, -0.05) is 84.5 Å². The van der Waals surface area contributed by atoms with E-state index in [0.717, 1.165) is 32.0 Å². The molecule has 5 rings (SSSR count). The van der Waals surface area contributed by atoms with Gasteiger partial charge in [-0.2, -0.15) is 13.2 Å². The third kappa shape index (κ3) is 4.92. The fourth-order valence-electron chi connectivity index (χ4n) is 4.78. The van der Waals surface area contributed by atoms with Gasteiger partial charge >= 0.3 is 6.18 Å². The Labute approximate surface area is 198 Å². The smallest absolute Gasteiger partial charge is 0.298 e. The van der Waals surface area contributed by atoms with Crippen LogP contribution in [0.25, 0.3) is 17.7 Å². The molecule has 0 saturated carbocycles. The van der Waals surface area contributed by atoms with Gasteiger partial charge in [0, 0.05) is 19.6 Å². The van der Waals surface area contributed by atoms with Gasteiger partial charge in [-0.05, 0) is 52.3 Å². The van der Waals surface area contributed by atoms with Gasteiger partial charge in [0.1, 0.15) is 0 Å². The average Bonchev–Trinajstić information content (AvgIpc) is 2.96. The molecule has 0 bridgehead atoms. The summed E-state index contributed by atoms with van der Waals surface area (Å²) in [5, 5.41) is 0. The number of alkyl halides is 3. The zero-order valence-electron chi connectivity index (χ0n) is 18.1. The second kappa shape index (κ2) is 9.58. The summed E-state index contributed by atoms with van der Waals surface area (Å²) < 4.78 is 39.2. The largest absolute Gasteiger partial charge is 0.416 e. The van der Waals surface area contributed by atoms with E-state index in [1.807, 2.05) is 0 Å². The zero-order chi connectivity index (χ0) is 22.1. The standard InChI is InChI=1S/C28H24F3N.ClH/c29-28(30,31)24-9-5-6-20(18-24)19-32-16-14-23(15-17-32)27-25-10-3-1-7-21(25)12-13-22-8-2-4-11-26(22)27;/h1-13,18H,14-17,19H2;1H. The number of piperidine rings is 1. The summed E-state index contributed by atoms with van der Waals surface area (Å²) in [5.74, 6) is 0. The Balaban J connectivity index is 0.00000259. The van der Waals surface area contributed by atoms with Crippen LogP contribution in [0.5, 0.6) is 0 Å². The molecule has 0 spiro atoms. The van der Waals surface area contributed by atoms with Gasteiger partial charge in [0.25, 0.3) is 0 Å². The summed E-state index contributed by atoms with van der Waals surface area (Å²) in [4.78, 5) is 2.26. The number of halogens is 4. The molecular formula is C28H25ClF3N. The van der Waals surface area contributed by atoms with E-state index in [1.165, 1.54) is 45.5 Å². The van der Waals surface area contributed by atoms with E-state index in [1.54, 1.807) is 6.07 Å². The lowest BCUT2D eigenvalue weighted by molar-refractivity contribution is -0.137. The van der Waals surface area contributed by atoms with Gasteiger partial charge in [-0.3, -0.25) is 4.90 Å². The molecule has 3 aromatic rings. The Hall–Kier alpha value is -2.82. The number of benzene rings is 3. The van der Waals surface area contributed by atoms with Crippen molar-refractivity contribution in [2.45, 2.75) is 25.6 Å². The normalized spacial score (nSPS) is 16.0. The number of fused-ring (bicyclic) bond motifs is 2. The lowest BCUT2D eigenvalue weighted by atomic mass is 9.86. The number of likely N-dealkylation sites (tertiary alicyclic amines) is 1. The molecular weight excluding hydrogens is 443 g/mol. The molecule has 1 saturated heterocycles. The summed E-state index contributed by atoms with van der Waals surface area (Å²) in [6, 6.07) is 22.7. The second-order valence-electron chi connectivity index (χ2n) is 8.46. The molecule has 170 valence electrons. The minimum Gasteiger partial charge on any atom is -0.298 e. The highest BCUT2D eigenvalue weighted by Gasteiger charge is 2.30. The van der Waals surface area contributed by atoms with Crippen molar-refractivity contribution in [2.75, 3.05) is 13.1 Å². The van der Waals surface area contributed by atoms with Crippen LogP contribution in [-0.4, -0.2) is 18.0 Å². The fourth-order valence-corrected chi connectivity index (χ4v) is 4.78. The monoisotopic (exact) mass is 467 g/mol. The van der Waals surface area contributed by atoms with Gasteiger partial charge in [-0.25, -0.2) is 0 Å². The van der Waals surface area contributed by atoms with Gasteiger partial charge in [0.05, 0.1) is 5.56 Å². The highest BCUT2D eigenvalue weighted by Crippen LogP contribution is 2.39. The molecule has 1 heterocycles. The van der Waals surface area contributed by atoms with Crippen LogP contribution >= 0.6 is 12.4 Å². The minimum atomic E-state index is -4.30. The Kier molecular flexibility index (Phi) is 6.78. The highest BCUT2D eigenvalue weighted by atomic mass is 35.5. The van der Waals surface area contributed by atoms with Gasteiger partial charge < -0.3 is 0 Å². The van der Waals surface area contributed by atoms with E-state index in [4.69, 9.17) is 0 Å². The Morgan fingerprint density at radius 3 is 1.88 bits per heavy atom. The van der Waals surface area contributed by atoms with E-state index in [0.29, 0.717) is 12.1 Å². The molecule has 0 N–H and O–H groups in total. The van der Waals surface area contributed by atoms with Crippen LogP contribution in [0.2, 0.25) is 0 Å². The highest BCUT2D eigenvalue weighted by molar-refractivity contribution is 5.94. The van der Waals surface area contributed by atoms with Gasteiger partial charge in [0.2, 0.25) is 0 Å². The van der Waals surface area contributed by atoms with Crippen LogP contribution in [0.4, 0.5) is 13.2 Å². The number of nitrogens with zero attached hydrogens (tertiary/aromatic N) is 1. The van der Waals surface area contributed by atoms with Crippen molar-refractivity contribution in [3.05, 3.63) is 112 Å². The van der Waals surface area contributed by atoms with Crippen molar-refractivity contribution >= 4 is 30.1 Å². The summed E-state index contributed by atoms with van der Waals surface area (Å²) in [6.45, 7) is 2.22. The van der Waals surface area contributed by atoms with Crippen molar-refractivity contribution in [3.63, 3.8) is 0 Å². The third-order valence-electron chi connectivity index (χ3n) is 6.38. The first-order valence-electron chi connectivity index (χ1n) is 11.0. The first kappa shape index (κ1) is 23.3. The summed E-state index contributed by atoms with van der Waals surface area (Å²) >= 11 is 0. The Bertz CT molecular complexity index is 1150. The minimum absolute atomic E-state index is 0. The molecule has 0 amide bonds. The Morgan fingerprint density at radius 1 is 0.727 bits per heavy atom. The maximum atomic E-state index is 13.1. The maximum Gasteiger partial charge on any atom is 0.416 e. The third-order valence-corrected chi connectivity index (χ3v) is 6.38. The van der Waals surface area contributed by atoms with Crippen LogP contribution in [0, 0.1) is 0 Å². The summed E-state index contributed by atoms with van der Waals surface area (Å²) in [6.07, 6.45) is 1.90. The lowest BCUT2D eigenvalue weighted by Crippen LogP contribution is -2.30. The van der Waals surface area contributed by atoms with Crippen LogP contribution in [0.1, 0.15) is 46.2 Å². The summed E-state index contributed by atoms with van der Waals surface area (Å²) in [7, 11) is 0. The van der Waals surface area contributed by atoms with E-state index in [9.17, 15) is 13.2 Å². The zero-order valence-corrected chi connectivity index (χ0v) is 18.9. The first-order valence-corrected chi connectivity index (χ1v) is 11.0. The molecule has 33 heavy (non-hydrogen) atoms. The molecule has 1 fully saturated rings. The van der Waals surface area contributed by atoms with Crippen molar-refractivity contribution in [2.24, 2.45) is 0 Å². The van der Waals surface area contributed by atoms with Gasteiger partial charge in [0.15, 0.2) is 0 Å². The van der Waals surface area contributed by atoms with Crippen LogP contribution in [0.15, 0.2) is 78.4 Å². The maximum absolute atomic E-state index is 13.1. The molecule has 0 aromatic heterocycles. The molecule has 1 aliphatic carbocycles. The molecule has 1 nitrogen and oxygen atoms in total. The SMILES string of the molecule is Cl.FC(F)(F)c1cccc(CN2CCC(=C3c4ccccc4C=Cc4ccccc43)CC2)c1. The molecule has 5 heteroatoms. The molecule has 0 unspecified atom stereocenters. The topological polar surface area (TPSA) is 3.24 Å². The Morgan fingerprint density at radius 2 is 1.30 bits per heavy atom. The summed E-state index contributed by atoms with van der Waals surface area (Å²) in [5.41, 5.74) is 7.84. The van der Waals surface area contributed by atoms with Crippen LogP contribution in [0.3, 0.4) is 0 Å². The number of hydrogen-bond donors (Lipinski definition) is 0. The fraction of sp³-hybridized carbons (Fsp3) is 0.214. The molecule has 1 aliphatic heterocycles. The van der Waals surface area contributed by atoms with Crippen molar-refractivity contribution in [1.29, 1.82) is 0 Å². The number of hydrogen-bond acceptors (Lipinski definition) is 1. The number of rotatable bonds is 2. The van der Waals surface area contributed by atoms with Crippen LogP contribution < -0.4 is 0 Å². The van der Waals surface area contributed by atoms with Crippen LogP contribution in [-0.2, 0) is 12.7 Å². The lowest BCUT2D eigenvalue weighted by Gasteiger charge is -2.30. The molecule has 3 aromatic carbocycles. The van der Waals surface area contributed by atoms with E-state index < -0.39 is 11.7 Å². The quantitative estimate of drug-likeness (QED) is 0.292. The van der Waals surface area contributed by atoms with E-state index in [2.05, 4.69) is 65.6 Å². The van der Waals surface area contributed by atoms with Crippen molar-refractivity contribution in [1.82, 2.24) is 4.90 Å². The molecule has 2 aliphatic rings. The predicted octanol–water partition coefficient (Wildman–Crippen LogP) is 7.71.